The summed E-state index contributed by atoms with van der Waals surface area (Å²) in [6, 6.07) is 94.6. The van der Waals surface area contributed by atoms with Gasteiger partial charge in [-0.1, -0.05) is 231 Å². The summed E-state index contributed by atoms with van der Waals surface area (Å²) < 4.78 is 0. The fourth-order valence-corrected chi connectivity index (χ4v) is 9.28. The van der Waals surface area contributed by atoms with Gasteiger partial charge in [0.15, 0.2) is 0 Å². The quantitative estimate of drug-likeness (QED) is 0.141. The molecule has 0 aliphatic heterocycles. The van der Waals surface area contributed by atoms with Crippen molar-refractivity contribution >= 4 is 38.6 Å². The van der Waals surface area contributed by atoms with E-state index in [-0.39, 0.29) is 0 Å². The third-order valence-corrected chi connectivity index (χ3v) is 12.3. The predicted octanol–water partition coefficient (Wildman–Crippen LogP) is 17.5. The van der Waals surface area contributed by atoms with Crippen LogP contribution in [0, 0.1) is 0 Å². The van der Waals surface area contributed by atoms with E-state index in [0.29, 0.717) is 0 Å². The number of rotatable bonds is 9. The molecule has 0 unspecified atom stereocenters. The molecule has 0 atom stereocenters. The zero-order valence-corrected chi connectivity index (χ0v) is 34.8. The second-order valence-electron chi connectivity index (χ2n) is 16.0. The second-order valence-corrected chi connectivity index (χ2v) is 16.0. The van der Waals surface area contributed by atoms with Crippen molar-refractivity contribution in [3.8, 4) is 66.8 Å². The fraction of sp³-hybridized carbons (Fsp3) is 0. The molecule has 0 radical (unpaired) electrons. The van der Waals surface area contributed by atoms with Gasteiger partial charge < -0.3 is 4.90 Å². The first-order valence-corrected chi connectivity index (χ1v) is 21.7. The van der Waals surface area contributed by atoms with E-state index in [9.17, 15) is 0 Å². The third kappa shape index (κ3) is 7.26. The molecular weight excluding hydrogens is 759 g/mol. The van der Waals surface area contributed by atoms with Gasteiger partial charge in [0, 0.05) is 16.9 Å². The number of hydrogen-bond donors (Lipinski definition) is 0. The maximum atomic E-state index is 2.43. The third-order valence-electron chi connectivity index (χ3n) is 12.3. The van der Waals surface area contributed by atoms with Crippen LogP contribution in [0.3, 0.4) is 0 Å². The molecule has 0 fully saturated rings. The normalized spacial score (nSPS) is 11.2. The summed E-state index contributed by atoms with van der Waals surface area (Å²) >= 11 is 0. The van der Waals surface area contributed by atoms with Crippen LogP contribution >= 0.6 is 0 Å². The summed E-state index contributed by atoms with van der Waals surface area (Å²) in [6.45, 7) is 0. The highest BCUT2D eigenvalue weighted by atomic mass is 15.1. The lowest BCUT2D eigenvalue weighted by molar-refractivity contribution is 1.28. The first-order chi connectivity index (χ1) is 31.3. The molecule has 0 heterocycles. The van der Waals surface area contributed by atoms with Crippen molar-refractivity contribution < 1.29 is 0 Å². The minimum atomic E-state index is 1.08. The standard InChI is InChI=1S/C62H43N/c1-2-17-46(18-3-1)56-27-8-9-28-58(56)59-29-10-11-30-60(59)61-31-12-13-34-62(61)63(52-24-14-23-50(43-52)57-33-16-22-48-20-5-7-26-54(48)57)51-41-39-45(40-42-51)44-35-37-49(38-36-44)55-32-15-21-47-19-4-6-25-53(47)55/h1-43H. The minimum absolute atomic E-state index is 1.08. The molecule has 0 bridgehead atoms. The number of benzene rings is 11. The monoisotopic (exact) mass is 801 g/mol. The van der Waals surface area contributed by atoms with Gasteiger partial charge >= 0.3 is 0 Å². The van der Waals surface area contributed by atoms with Crippen molar-refractivity contribution in [2.75, 3.05) is 4.90 Å². The lowest BCUT2D eigenvalue weighted by Crippen LogP contribution is -2.11. The molecule has 296 valence electrons. The Hall–Kier alpha value is -8.26. The van der Waals surface area contributed by atoms with Crippen LogP contribution in [0.2, 0.25) is 0 Å². The highest BCUT2D eigenvalue weighted by Gasteiger charge is 2.21. The molecule has 0 saturated heterocycles. The van der Waals surface area contributed by atoms with Crippen LogP contribution in [0.1, 0.15) is 0 Å². The number of nitrogens with zero attached hydrogens (tertiary/aromatic N) is 1. The smallest absolute Gasteiger partial charge is 0.0540 e. The second kappa shape index (κ2) is 16.7. The molecule has 1 nitrogen and oxygen atoms in total. The van der Waals surface area contributed by atoms with Crippen LogP contribution in [0.4, 0.5) is 17.1 Å². The molecule has 0 aliphatic carbocycles. The summed E-state index contributed by atoms with van der Waals surface area (Å²) in [4.78, 5) is 2.43. The average molecular weight is 802 g/mol. The van der Waals surface area contributed by atoms with Crippen molar-refractivity contribution in [1.29, 1.82) is 0 Å². The minimum Gasteiger partial charge on any atom is -0.310 e. The van der Waals surface area contributed by atoms with E-state index in [1.807, 2.05) is 0 Å². The topological polar surface area (TPSA) is 3.24 Å². The Morgan fingerprint density at radius 3 is 1.25 bits per heavy atom. The molecule has 1 heteroatoms. The van der Waals surface area contributed by atoms with Gasteiger partial charge in [-0.15, -0.1) is 0 Å². The maximum absolute atomic E-state index is 2.43. The van der Waals surface area contributed by atoms with Crippen LogP contribution in [-0.2, 0) is 0 Å². The van der Waals surface area contributed by atoms with Gasteiger partial charge in [-0.2, -0.15) is 0 Å². The SMILES string of the molecule is c1ccc(-c2ccccc2-c2ccccc2-c2ccccc2N(c2ccc(-c3ccc(-c4cccc5ccccc45)cc3)cc2)c2cccc(-c3cccc4ccccc34)c2)cc1. The Morgan fingerprint density at radius 2 is 0.603 bits per heavy atom. The van der Waals surface area contributed by atoms with Gasteiger partial charge in [0.2, 0.25) is 0 Å². The van der Waals surface area contributed by atoms with Gasteiger partial charge in [-0.25, -0.2) is 0 Å². The molecule has 0 aromatic heterocycles. The molecule has 0 amide bonds. The highest BCUT2D eigenvalue weighted by molar-refractivity contribution is 6.00. The number of anilines is 3. The predicted molar refractivity (Wildman–Crippen MR) is 269 cm³/mol. The molecule has 0 N–H and O–H groups in total. The molecule has 63 heavy (non-hydrogen) atoms. The van der Waals surface area contributed by atoms with Crippen molar-refractivity contribution in [2.45, 2.75) is 0 Å². The number of fused-ring (bicyclic) bond motifs is 2. The Kier molecular flexibility index (Phi) is 9.97. The van der Waals surface area contributed by atoms with Gasteiger partial charge in [-0.05, 0) is 113 Å². The largest absolute Gasteiger partial charge is 0.310 e. The summed E-state index contributed by atoms with van der Waals surface area (Å²) in [5.41, 5.74) is 17.6. The van der Waals surface area contributed by atoms with E-state index in [0.717, 1.165) is 22.6 Å². The lowest BCUT2D eigenvalue weighted by atomic mass is 9.88. The van der Waals surface area contributed by atoms with Crippen LogP contribution in [-0.4, -0.2) is 0 Å². The van der Waals surface area contributed by atoms with Crippen LogP contribution in [0.5, 0.6) is 0 Å². The zero-order valence-electron chi connectivity index (χ0n) is 34.8. The van der Waals surface area contributed by atoms with Crippen molar-refractivity contribution in [3.63, 3.8) is 0 Å². The highest BCUT2D eigenvalue weighted by Crippen LogP contribution is 2.46. The van der Waals surface area contributed by atoms with E-state index in [2.05, 4.69) is 266 Å². The molecule has 0 spiro atoms. The average Bonchev–Trinajstić information content (AvgIpc) is 3.37. The van der Waals surface area contributed by atoms with Gasteiger partial charge in [0.25, 0.3) is 0 Å². The van der Waals surface area contributed by atoms with Gasteiger partial charge in [0.05, 0.1) is 5.69 Å². The lowest BCUT2D eigenvalue weighted by Gasteiger charge is -2.29. The molecular formula is C62H43N. The maximum Gasteiger partial charge on any atom is 0.0540 e. The Balaban J connectivity index is 1.04. The molecule has 11 aromatic carbocycles. The molecule has 0 aliphatic rings. The van der Waals surface area contributed by atoms with Crippen molar-refractivity contribution in [1.82, 2.24) is 0 Å². The summed E-state index contributed by atoms with van der Waals surface area (Å²) in [5, 5.41) is 5.00. The first-order valence-electron chi connectivity index (χ1n) is 21.7. The summed E-state index contributed by atoms with van der Waals surface area (Å²) in [7, 11) is 0. The van der Waals surface area contributed by atoms with Gasteiger partial charge in [0.1, 0.15) is 0 Å². The van der Waals surface area contributed by atoms with Crippen LogP contribution in [0.25, 0.3) is 88.3 Å². The summed E-state index contributed by atoms with van der Waals surface area (Å²) in [5.74, 6) is 0. The van der Waals surface area contributed by atoms with E-state index >= 15 is 0 Å². The Bertz CT molecular complexity index is 3370. The Morgan fingerprint density at radius 1 is 0.206 bits per heavy atom. The van der Waals surface area contributed by atoms with E-state index < -0.39 is 0 Å². The number of hydrogen-bond acceptors (Lipinski definition) is 1. The van der Waals surface area contributed by atoms with E-state index in [1.54, 1.807) is 0 Å². The van der Waals surface area contributed by atoms with Crippen LogP contribution in [0.15, 0.2) is 261 Å². The molecule has 11 rings (SSSR count). The van der Waals surface area contributed by atoms with Crippen LogP contribution < -0.4 is 4.90 Å². The van der Waals surface area contributed by atoms with E-state index in [4.69, 9.17) is 0 Å². The Labute approximate surface area is 369 Å². The number of para-hydroxylation sites is 1. The fourth-order valence-electron chi connectivity index (χ4n) is 9.28. The first kappa shape index (κ1) is 37.7. The molecule has 11 aromatic rings. The van der Waals surface area contributed by atoms with Gasteiger partial charge in [-0.3, -0.25) is 0 Å². The van der Waals surface area contributed by atoms with E-state index in [1.165, 1.54) is 82.7 Å². The zero-order chi connectivity index (χ0) is 42.0. The van der Waals surface area contributed by atoms with Crippen molar-refractivity contribution in [3.05, 3.63) is 261 Å². The molecule has 0 saturated carbocycles. The summed E-state index contributed by atoms with van der Waals surface area (Å²) in [6.07, 6.45) is 0. The van der Waals surface area contributed by atoms with Crippen molar-refractivity contribution in [2.24, 2.45) is 0 Å².